The third-order valence-electron chi connectivity index (χ3n) is 3.51. The summed E-state index contributed by atoms with van der Waals surface area (Å²) in [5.74, 6) is 1.46. The number of anilines is 1. The molecule has 1 N–H and O–H groups in total. The molecule has 0 aliphatic carbocycles. The molecule has 2 heterocycles. The quantitative estimate of drug-likeness (QED) is 0.553. The second-order valence-corrected chi connectivity index (χ2v) is 6.35. The van der Waals surface area contributed by atoms with E-state index in [4.69, 9.17) is 0 Å². The van der Waals surface area contributed by atoms with Crippen LogP contribution in [0.3, 0.4) is 0 Å². The van der Waals surface area contributed by atoms with E-state index in [-0.39, 0.29) is 5.56 Å². The molecule has 5 nitrogen and oxygen atoms in total. The number of nitrogens with zero attached hydrogens (tertiary/aromatic N) is 3. The molecule has 0 amide bonds. The third-order valence-corrected chi connectivity index (χ3v) is 4.52. The lowest BCUT2D eigenvalue weighted by molar-refractivity contribution is 0.828. The molecule has 24 heavy (non-hydrogen) atoms. The lowest BCUT2D eigenvalue weighted by Crippen LogP contribution is -2.22. The topological polar surface area (TPSA) is 59.8 Å². The number of benzene rings is 1. The van der Waals surface area contributed by atoms with Crippen LogP contribution >= 0.6 is 11.8 Å². The minimum atomic E-state index is -0.0879. The van der Waals surface area contributed by atoms with Crippen LogP contribution in [0.5, 0.6) is 0 Å². The van der Waals surface area contributed by atoms with Gasteiger partial charge < -0.3 is 5.32 Å². The van der Waals surface area contributed by atoms with E-state index in [1.807, 2.05) is 30.3 Å². The number of pyridine rings is 1. The van der Waals surface area contributed by atoms with E-state index in [1.165, 1.54) is 9.46 Å². The average molecular weight is 338 g/mol. The van der Waals surface area contributed by atoms with Gasteiger partial charge in [0.05, 0.1) is 5.69 Å². The maximum absolute atomic E-state index is 12.2. The number of thioether (sulfide) groups is 1. The standard InChI is InChI=1S/C18H18N4OS/c1-22-17(23)13-16(14-7-9-19-10-8-14)21-18(22)20-11-12-24-15-5-3-2-4-6-15/h2-10,13H,11-12H2,1H3,(H,20,21). The second-order valence-electron chi connectivity index (χ2n) is 5.19. The molecule has 0 atom stereocenters. The van der Waals surface area contributed by atoms with Crippen molar-refractivity contribution < 1.29 is 0 Å². The normalized spacial score (nSPS) is 10.5. The first-order chi connectivity index (χ1) is 11.7. The van der Waals surface area contributed by atoms with Crippen LogP contribution in [0.25, 0.3) is 11.3 Å². The van der Waals surface area contributed by atoms with Gasteiger partial charge >= 0.3 is 0 Å². The zero-order valence-electron chi connectivity index (χ0n) is 13.3. The second kappa shape index (κ2) is 7.79. The van der Waals surface area contributed by atoms with Crippen LogP contribution < -0.4 is 10.9 Å². The number of rotatable bonds is 6. The smallest absolute Gasteiger partial charge is 0.255 e. The van der Waals surface area contributed by atoms with Crippen LogP contribution in [0.2, 0.25) is 0 Å². The summed E-state index contributed by atoms with van der Waals surface area (Å²) in [6.07, 6.45) is 3.39. The van der Waals surface area contributed by atoms with Crippen molar-refractivity contribution in [3.8, 4) is 11.3 Å². The third kappa shape index (κ3) is 4.02. The summed E-state index contributed by atoms with van der Waals surface area (Å²) >= 11 is 1.76. The minimum absolute atomic E-state index is 0.0879. The highest BCUT2D eigenvalue weighted by Gasteiger charge is 2.07. The lowest BCUT2D eigenvalue weighted by atomic mass is 10.2. The first-order valence-corrected chi connectivity index (χ1v) is 8.63. The highest BCUT2D eigenvalue weighted by molar-refractivity contribution is 7.99. The minimum Gasteiger partial charge on any atom is -0.355 e. The van der Waals surface area contributed by atoms with Crippen LogP contribution in [0.15, 0.2) is 70.6 Å². The molecule has 6 heteroatoms. The van der Waals surface area contributed by atoms with Crippen molar-refractivity contribution >= 4 is 17.7 Å². The molecule has 0 fully saturated rings. The summed E-state index contributed by atoms with van der Waals surface area (Å²) in [5.41, 5.74) is 1.44. The van der Waals surface area contributed by atoms with Crippen molar-refractivity contribution in [2.45, 2.75) is 4.90 Å². The maximum Gasteiger partial charge on any atom is 0.255 e. The molecule has 0 saturated heterocycles. The fraction of sp³-hybridized carbons (Fsp3) is 0.167. The molecule has 0 bridgehead atoms. The van der Waals surface area contributed by atoms with Gasteiger partial charge in [-0.05, 0) is 24.3 Å². The molecular formula is C18H18N4OS. The molecule has 2 aromatic heterocycles. The highest BCUT2D eigenvalue weighted by atomic mass is 32.2. The van der Waals surface area contributed by atoms with Gasteiger partial charge in [0.25, 0.3) is 5.56 Å². The first-order valence-electron chi connectivity index (χ1n) is 7.64. The van der Waals surface area contributed by atoms with Gasteiger partial charge in [-0.1, -0.05) is 18.2 Å². The zero-order chi connectivity index (χ0) is 16.8. The molecule has 3 rings (SSSR count). The molecule has 0 radical (unpaired) electrons. The molecule has 0 unspecified atom stereocenters. The summed E-state index contributed by atoms with van der Waals surface area (Å²) in [5, 5.41) is 3.25. The Morgan fingerprint density at radius 1 is 1.12 bits per heavy atom. The van der Waals surface area contributed by atoms with Crippen molar-refractivity contribution in [1.29, 1.82) is 0 Å². The molecule has 0 saturated carbocycles. The summed E-state index contributed by atoms with van der Waals surface area (Å²) < 4.78 is 1.53. The summed E-state index contributed by atoms with van der Waals surface area (Å²) in [6, 6.07) is 15.5. The monoisotopic (exact) mass is 338 g/mol. The van der Waals surface area contributed by atoms with E-state index in [2.05, 4.69) is 27.4 Å². The molecular weight excluding hydrogens is 320 g/mol. The fourth-order valence-electron chi connectivity index (χ4n) is 2.22. The van der Waals surface area contributed by atoms with Gasteiger partial charge in [0.15, 0.2) is 0 Å². The van der Waals surface area contributed by atoms with Gasteiger partial charge in [-0.3, -0.25) is 14.3 Å². The van der Waals surface area contributed by atoms with Gasteiger partial charge in [-0.25, -0.2) is 4.98 Å². The van der Waals surface area contributed by atoms with E-state index in [9.17, 15) is 4.79 Å². The number of nitrogens with one attached hydrogen (secondary N) is 1. The van der Waals surface area contributed by atoms with Crippen molar-refractivity contribution in [3.05, 3.63) is 71.3 Å². The zero-order valence-corrected chi connectivity index (χ0v) is 14.2. The predicted octanol–water partition coefficient (Wildman–Crippen LogP) is 3.05. The molecule has 0 spiro atoms. The molecule has 0 aliphatic rings. The van der Waals surface area contributed by atoms with Crippen LogP contribution in [-0.4, -0.2) is 26.8 Å². The summed E-state index contributed by atoms with van der Waals surface area (Å²) in [7, 11) is 1.72. The Bertz CT molecular complexity index is 850. The van der Waals surface area contributed by atoms with Gasteiger partial charge in [0.2, 0.25) is 5.95 Å². The van der Waals surface area contributed by atoms with Crippen molar-refractivity contribution in [3.63, 3.8) is 0 Å². The largest absolute Gasteiger partial charge is 0.355 e. The van der Waals surface area contributed by atoms with Gasteiger partial charge in [0.1, 0.15) is 0 Å². The van der Waals surface area contributed by atoms with Gasteiger partial charge in [0, 0.05) is 48.3 Å². The van der Waals surface area contributed by atoms with Crippen LogP contribution in [0.1, 0.15) is 0 Å². The van der Waals surface area contributed by atoms with E-state index in [0.29, 0.717) is 11.6 Å². The van der Waals surface area contributed by atoms with E-state index >= 15 is 0 Å². The van der Waals surface area contributed by atoms with E-state index in [0.717, 1.165) is 17.9 Å². The van der Waals surface area contributed by atoms with Crippen LogP contribution in [0.4, 0.5) is 5.95 Å². The Balaban J connectivity index is 1.69. The highest BCUT2D eigenvalue weighted by Crippen LogP contribution is 2.18. The van der Waals surface area contributed by atoms with Crippen molar-refractivity contribution in [2.24, 2.45) is 7.05 Å². The lowest BCUT2D eigenvalue weighted by Gasteiger charge is -2.11. The Labute approximate surface area is 144 Å². The predicted molar refractivity (Wildman–Crippen MR) is 98.4 cm³/mol. The van der Waals surface area contributed by atoms with E-state index in [1.54, 1.807) is 37.3 Å². The summed E-state index contributed by atoms with van der Waals surface area (Å²) in [6.45, 7) is 0.722. The van der Waals surface area contributed by atoms with Crippen LogP contribution in [-0.2, 0) is 7.05 Å². The molecule has 1 aromatic carbocycles. The maximum atomic E-state index is 12.2. The average Bonchev–Trinajstić information content (AvgIpc) is 2.63. The summed E-state index contributed by atoms with van der Waals surface area (Å²) in [4.78, 5) is 21.9. The van der Waals surface area contributed by atoms with Gasteiger partial charge in [-0.2, -0.15) is 0 Å². The Kier molecular flexibility index (Phi) is 5.28. The Morgan fingerprint density at radius 2 is 1.88 bits per heavy atom. The van der Waals surface area contributed by atoms with Crippen LogP contribution in [0, 0.1) is 0 Å². The number of hydrogen-bond acceptors (Lipinski definition) is 5. The fourth-order valence-corrected chi connectivity index (χ4v) is 3.01. The Hall–Kier alpha value is -2.60. The SMILES string of the molecule is Cn1c(NCCSc2ccccc2)nc(-c2ccncc2)cc1=O. The number of hydrogen-bond donors (Lipinski definition) is 1. The van der Waals surface area contributed by atoms with E-state index < -0.39 is 0 Å². The van der Waals surface area contributed by atoms with Crippen molar-refractivity contribution in [2.75, 3.05) is 17.6 Å². The number of aromatic nitrogens is 3. The molecule has 0 aliphatic heterocycles. The van der Waals surface area contributed by atoms with Crippen molar-refractivity contribution in [1.82, 2.24) is 14.5 Å². The first kappa shape index (κ1) is 16.3. The van der Waals surface area contributed by atoms with Gasteiger partial charge in [-0.15, -0.1) is 11.8 Å². The Morgan fingerprint density at radius 3 is 2.62 bits per heavy atom. The molecule has 3 aromatic rings. The molecule has 122 valence electrons.